The first kappa shape index (κ1) is 14.7. The van der Waals surface area contributed by atoms with Crippen molar-refractivity contribution in [3.63, 3.8) is 0 Å². The van der Waals surface area contributed by atoms with Crippen molar-refractivity contribution < 1.29 is 9.32 Å². The Morgan fingerprint density at radius 2 is 2.04 bits per heavy atom. The van der Waals surface area contributed by atoms with Gasteiger partial charge in [0.15, 0.2) is 5.82 Å². The number of hydrogen-bond donors (Lipinski definition) is 2. The maximum Gasteiger partial charge on any atom is 0.263 e. The summed E-state index contributed by atoms with van der Waals surface area (Å²) in [6.45, 7) is 1.97. The Balaban J connectivity index is 1.69. The molecule has 1 aromatic carbocycles. The van der Waals surface area contributed by atoms with Gasteiger partial charge in [-0.15, -0.1) is 0 Å². The molecule has 2 heterocycles. The maximum atomic E-state index is 12.0. The molecule has 1 amide bonds. The van der Waals surface area contributed by atoms with Gasteiger partial charge in [0.1, 0.15) is 5.56 Å². The fourth-order valence-electron chi connectivity index (χ4n) is 2.01. The minimum Gasteiger partial charge on any atom is -0.334 e. The number of nitrogens with one attached hydrogen (secondary N) is 2. The maximum absolute atomic E-state index is 12.0. The first-order valence-electron chi connectivity index (χ1n) is 6.99. The molecule has 3 rings (SSSR count). The van der Waals surface area contributed by atoms with Crippen LogP contribution >= 0.6 is 0 Å². The topological polar surface area (TPSA) is 101 Å². The van der Waals surface area contributed by atoms with Crippen LogP contribution in [0.4, 0.5) is 5.69 Å². The molecule has 3 aromatic rings. The Labute approximate surface area is 131 Å². The van der Waals surface area contributed by atoms with Crippen LogP contribution in [-0.4, -0.2) is 21.0 Å². The third-order valence-corrected chi connectivity index (χ3v) is 3.17. The molecule has 0 aliphatic carbocycles. The number of nitrogens with zero attached hydrogens (tertiary/aromatic N) is 2. The largest absolute Gasteiger partial charge is 0.334 e. The molecular weight excluding hydrogens is 296 g/mol. The van der Waals surface area contributed by atoms with Gasteiger partial charge in [-0.25, -0.2) is 0 Å². The predicted octanol–water partition coefficient (Wildman–Crippen LogP) is 1.91. The highest BCUT2D eigenvalue weighted by atomic mass is 16.5. The molecule has 0 radical (unpaired) electrons. The van der Waals surface area contributed by atoms with E-state index >= 15 is 0 Å². The lowest BCUT2D eigenvalue weighted by atomic mass is 10.2. The molecule has 0 unspecified atom stereocenters. The summed E-state index contributed by atoms with van der Waals surface area (Å²) in [6.07, 6.45) is 1.47. The van der Waals surface area contributed by atoms with Gasteiger partial charge in [0.2, 0.25) is 5.91 Å². The van der Waals surface area contributed by atoms with Gasteiger partial charge in [0.05, 0.1) is 6.42 Å². The van der Waals surface area contributed by atoms with E-state index in [2.05, 4.69) is 20.4 Å². The number of pyridine rings is 1. The molecule has 2 N–H and O–H groups in total. The molecule has 0 spiro atoms. The first-order valence-corrected chi connectivity index (χ1v) is 6.99. The van der Waals surface area contributed by atoms with E-state index in [1.165, 1.54) is 6.20 Å². The van der Waals surface area contributed by atoms with Crippen molar-refractivity contribution in [3.05, 3.63) is 64.3 Å². The number of anilines is 1. The molecule has 0 bridgehead atoms. The summed E-state index contributed by atoms with van der Waals surface area (Å²) in [5.74, 6) is 0.0426. The highest BCUT2D eigenvalue weighted by molar-refractivity contribution is 5.91. The number of hydrogen-bond acceptors (Lipinski definition) is 5. The Morgan fingerprint density at radius 1 is 1.26 bits per heavy atom. The number of rotatable bonds is 4. The van der Waals surface area contributed by atoms with E-state index < -0.39 is 0 Å². The van der Waals surface area contributed by atoms with Crippen LogP contribution in [0.1, 0.15) is 11.4 Å². The summed E-state index contributed by atoms with van der Waals surface area (Å²) in [5, 5.41) is 6.48. The zero-order valence-corrected chi connectivity index (χ0v) is 12.4. The van der Waals surface area contributed by atoms with Gasteiger partial charge in [-0.2, -0.15) is 4.98 Å². The Morgan fingerprint density at radius 3 is 2.78 bits per heavy atom. The van der Waals surface area contributed by atoms with E-state index in [0.717, 1.165) is 5.56 Å². The number of aromatic nitrogens is 3. The lowest BCUT2D eigenvalue weighted by Gasteiger charge is -2.03. The van der Waals surface area contributed by atoms with E-state index in [1.807, 2.05) is 31.2 Å². The minimum atomic E-state index is -0.327. The monoisotopic (exact) mass is 310 g/mol. The van der Waals surface area contributed by atoms with Gasteiger partial charge < -0.3 is 14.8 Å². The van der Waals surface area contributed by atoms with Gasteiger partial charge in [-0.3, -0.25) is 9.59 Å². The SMILES string of the molecule is Cc1ccc(NC(=O)Cc2noc(-c3ccc[nH]c3=O)n2)cc1. The van der Waals surface area contributed by atoms with Crippen LogP contribution < -0.4 is 10.9 Å². The quantitative estimate of drug-likeness (QED) is 0.766. The molecule has 0 atom stereocenters. The second-order valence-electron chi connectivity index (χ2n) is 5.02. The third-order valence-electron chi connectivity index (χ3n) is 3.17. The molecule has 0 fully saturated rings. The lowest BCUT2D eigenvalue weighted by Crippen LogP contribution is -2.15. The van der Waals surface area contributed by atoms with Crippen molar-refractivity contribution in [2.45, 2.75) is 13.3 Å². The summed E-state index contributed by atoms with van der Waals surface area (Å²) < 4.78 is 5.04. The zero-order chi connectivity index (χ0) is 16.2. The van der Waals surface area contributed by atoms with E-state index in [9.17, 15) is 9.59 Å². The van der Waals surface area contributed by atoms with Gasteiger partial charge in [-0.05, 0) is 31.2 Å². The van der Waals surface area contributed by atoms with E-state index in [4.69, 9.17) is 4.52 Å². The number of carbonyl (C=O) groups is 1. The zero-order valence-electron chi connectivity index (χ0n) is 12.4. The Hall–Kier alpha value is -3.22. The number of H-pyrrole nitrogens is 1. The average Bonchev–Trinajstić information content (AvgIpc) is 2.98. The van der Waals surface area contributed by atoms with Gasteiger partial charge >= 0.3 is 0 Å². The smallest absolute Gasteiger partial charge is 0.263 e. The van der Waals surface area contributed by atoms with Crippen molar-refractivity contribution in [3.8, 4) is 11.5 Å². The molecular formula is C16H14N4O3. The number of amides is 1. The molecule has 0 saturated carbocycles. The average molecular weight is 310 g/mol. The highest BCUT2D eigenvalue weighted by Crippen LogP contribution is 2.13. The molecule has 23 heavy (non-hydrogen) atoms. The van der Waals surface area contributed by atoms with E-state index in [0.29, 0.717) is 5.69 Å². The number of aryl methyl sites for hydroxylation is 1. The summed E-state index contributed by atoms with van der Waals surface area (Å²) in [5.41, 5.74) is 1.75. The van der Waals surface area contributed by atoms with Crippen LogP contribution in [0.25, 0.3) is 11.5 Å². The number of aromatic amines is 1. The second-order valence-corrected chi connectivity index (χ2v) is 5.02. The Kier molecular flexibility index (Phi) is 4.01. The van der Waals surface area contributed by atoms with Crippen LogP contribution in [0.2, 0.25) is 0 Å². The fourth-order valence-corrected chi connectivity index (χ4v) is 2.01. The van der Waals surface area contributed by atoms with Crippen LogP contribution in [0.3, 0.4) is 0 Å². The van der Waals surface area contributed by atoms with Crippen molar-refractivity contribution in [2.75, 3.05) is 5.32 Å². The standard InChI is InChI=1S/C16H14N4O3/c1-10-4-6-11(7-5-10)18-14(21)9-13-19-16(23-20-13)12-3-2-8-17-15(12)22/h2-8H,9H2,1H3,(H,17,22)(H,18,21). The molecule has 2 aromatic heterocycles. The number of benzene rings is 1. The van der Waals surface area contributed by atoms with Crippen LogP contribution in [-0.2, 0) is 11.2 Å². The van der Waals surface area contributed by atoms with E-state index in [1.54, 1.807) is 12.1 Å². The van der Waals surface area contributed by atoms with Gasteiger partial charge in [0, 0.05) is 11.9 Å². The molecule has 7 heteroatoms. The molecule has 116 valence electrons. The van der Waals surface area contributed by atoms with Crippen LogP contribution in [0.15, 0.2) is 51.9 Å². The normalized spacial score (nSPS) is 10.5. The van der Waals surface area contributed by atoms with Gasteiger partial charge in [-0.1, -0.05) is 22.9 Å². The van der Waals surface area contributed by atoms with Crippen LogP contribution in [0, 0.1) is 6.92 Å². The van der Waals surface area contributed by atoms with Crippen molar-refractivity contribution in [2.24, 2.45) is 0 Å². The van der Waals surface area contributed by atoms with Crippen molar-refractivity contribution in [1.82, 2.24) is 15.1 Å². The summed E-state index contributed by atoms with van der Waals surface area (Å²) in [4.78, 5) is 30.2. The Bertz CT molecular complexity index is 881. The van der Waals surface area contributed by atoms with Crippen molar-refractivity contribution >= 4 is 11.6 Å². The molecule has 0 saturated heterocycles. The molecule has 0 aliphatic heterocycles. The first-order chi connectivity index (χ1) is 11.1. The molecule has 7 nitrogen and oxygen atoms in total. The summed E-state index contributed by atoms with van der Waals surface area (Å²) >= 11 is 0. The minimum absolute atomic E-state index is 0.0396. The fraction of sp³-hybridized carbons (Fsp3) is 0.125. The van der Waals surface area contributed by atoms with Crippen LogP contribution in [0.5, 0.6) is 0 Å². The number of carbonyl (C=O) groups excluding carboxylic acids is 1. The summed E-state index contributed by atoms with van der Waals surface area (Å²) in [6, 6.07) is 10.7. The molecule has 0 aliphatic rings. The lowest BCUT2D eigenvalue weighted by molar-refractivity contribution is -0.115. The van der Waals surface area contributed by atoms with Gasteiger partial charge in [0.25, 0.3) is 11.4 Å². The third kappa shape index (κ3) is 3.52. The summed E-state index contributed by atoms with van der Waals surface area (Å²) in [7, 11) is 0. The second kappa shape index (κ2) is 6.27. The predicted molar refractivity (Wildman–Crippen MR) is 83.9 cm³/mol. The van der Waals surface area contributed by atoms with Crippen molar-refractivity contribution in [1.29, 1.82) is 0 Å². The highest BCUT2D eigenvalue weighted by Gasteiger charge is 2.14. The van der Waals surface area contributed by atoms with E-state index in [-0.39, 0.29) is 35.2 Å².